The predicted molar refractivity (Wildman–Crippen MR) is 55.5 cm³/mol. The first-order valence-electron chi connectivity index (χ1n) is 3.92. The van der Waals surface area contributed by atoms with Crippen molar-refractivity contribution in [2.24, 2.45) is 0 Å². The summed E-state index contributed by atoms with van der Waals surface area (Å²) in [5, 5.41) is -0.105. The van der Waals surface area contributed by atoms with Gasteiger partial charge in [0.25, 0.3) is 0 Å². The van der Waals surface area contributed by atoms with Crippen molar-refractivity contribution in [1.29, 1.82) is 0 Å². The third-order valence-corrected chi connectivity index (χ3v) is 2.74. The van der Waals surface area contributed by atoms with E-state index in [1.54, 1.807) is 0 Å². The number of carbonyl (C=O) groups excluding carboxylic acids is 1. The zero-order valence-electron chi connectivity index (χ0n) is 7.86. The largest absolute Gasteiger partial charge is 0.465 e. The molecule has 2 nitrogen and oxygen atoms in total. The summed E-state index contributed by atoms with van der Waals surface area (Å²) in [7, 11) is 1.06. The summed E-state index contributed by atoms with van der Waals surface area (Å²) in [6, 6.07) is 1.66. The lowest BCUT2D eigenvalue weighted by molar-refractivity contribution is -0.138. The second kappa shape index (κ2) is 4.63. The van der Waals surface area contributed by atoms with Gasteiger partial charge in [-0.05, 0) is 12.1 Å². The molecule has 0 aliphatic heterocycles. The Morgan fingerprint density at radius 1 is 1.44 bits per heavy atom. The second-order valence-electron chi connectivity index (χ2n) is 2.80. The van der Waals surface area contributed by atoms with E-state index in [-0.39, 0.29) is 15.1 Å². The van der Waals surface area contributed by atoms with Gasteiger partial charge in [-0.1, -0.05) is 27.5 Å². The SMILES string of the molecule is COC(=O)c1cc(C(F)(F)F)c(Br)cc1Cl. The number of hydrogen-bond acceptors (Lipinski definition) is 2. The lowest BCUT2D eigenvalue weighted by atomic mass is 10.1. The van der Waals surface area contributed by atoms with Gasteiger partial charge in [0.1, 0.15) is 0 Å². The van der Waals surface area contributed by atoms with Gasteiger partial charge >= 0.3 is 12.1 Å². The molecule has 0 atom stereocenters. The van der Waals surface area contributed by atoms with Crippen molar-refractivity contribution < 1.29 is 22.7 Å². The van der Waals surface area contributed by atoms with E-state index in [4.69, 9.17) is 11.6 Å². The Bertz CT molecular complexity index is 431. The minimum atomic E-state index is -4.56. The van der Waals surface area contributed by atoms with Gasteiger partial charge in [0, 0.05) is 4.47 Å². The number of hydrogen-bond donors (Lipinski definition) is 0. The Balaban J connectivity index is 3.39. The zero-order valence-corrected chi connectivity index (χ0v) is 10.2. The highest BCUT2D eigenvalue weighted by molar-refractivity contribution is 9.10. The van der Waals surface area contributed by atoms with Crippen LogP contribution in [0.4, 0.5) is 13.2 Å². The number of rotatable bonds is 1. The summed E-state index contributed by atoms with van der Waals surface area (Å²) in [5.41, 5.74) is -1.29. The van der Waals surface area contributed by atoms with E-state index in [0.29, 0.717) is 6.07 Å². The highest BCUT2D eigenvalue weighted by Crippen LogP contribution is 2.37. The van der Waals surface area contributed by atoms with Gasteiger partial charge in [-0.2, -0.15) is 13.2 Å². The molecule has 1 aromatic rings. The van der Waals surface area contributed by atoms with Crippen molar-refractivity contribution in [2.75, 3.05) is 7.11 Å². The number of benzene rings is 1. The second-order valence-corrected chi connectivity index (χ2v) is 4.06. The number of esters is 1. The molecule has 0 spiro atoms. The number of carbonyl (C=O) groups is 1. The molecule has 7 heteroatoms. The van der Waals surface area contributed by atoms with Crippen molar-refractivity contribution >= 4 is 33.5 Å². The predicted octanol–water partition coefficient (Wildman–Crippen LogP) is 3.91. The molecule has 1 aromatic carbocycles. The molecule has 0 aliphatic carbocycles. The molecule has 0 heterocycles. The average molecular weight is 317 g/mol. The van der Waals surface area contributed by atoms with E-state index < -0.39 is 17.7 Å². The number of ether oxygens (including phenoxy) is 1. The van der Waals surface area contributed by atoms with Crippen LogP contribution in [-0.2, 0) is 10.9 Å². The zero-order chi connectivity index (χ0) is 12.5. The van der Waals surface area contributed by atoms with E-state index >= 15 is 0 Å². The molecule has 0 fully saturated rings. The van der Waals surface area contributed by atoms with Gasteiger partial charge in [-0.15, -0.1) is 0 Å². The minimum absolute atomic E-state index is 0.105. The van der Waals surface area contributed by atoms with Gasteiger partial charge in [-0.25, -0.2) is 4.79 Å². The molecule has 0 saturated heterocycles. The first-order chi connectivity index (χ1) is 7.27. The third-order valence-electron chi connectivity index (χ3n) is 1.77. The maximum absolute atomic E-state index is 12.5. The van der Waals surface area contributed by atoms with Crippen molar-refractivity contribution in [2.45, 2.75) is 6.18 Å². The summed E-state index contributed by atoms with van der Waals surface area (Å²) >= 11 is 8.36. The molecule has 0 aliphatic rings. The van der Waals surface area contributed by atoms with Crippen molar-refractivity contribution in [1.82, 2.24) is 0 Å². The van der Waals surface area contributed by atoms with Crippen LogP contribution < -0.4 is 0 Å². The molecule has 88 valence electrons. The van der Waals surface area contributed by atoms with Gasteiger partial charge in [-0.3, -0.25) is 0 Å². The quantitative estimate of drug-likeness (QED) is 0.734. The molecular weight excluding hydrogens is 312 g/mol. The van der Waals surface area contributed by atoms with Gasteiger partial charge < -0.3 is 4.74 Å². The first-order valence-corrected chi connectivity index (χ1v) is 5.09. The fraction of sp³-hybridized carbons (Fsp3) is 0.222. The Labute approximate surface area is 102 Å². The van der Waals surface area contributed by atoms with Crippen LogP contribution in [0, 0.1) is 0 Å². The fourth-order valence-corrected chi connectivity index (χ4v) is 1.97. The smallest absolute Gasteiger partial charge is 0.417 e. The maximum atomic E-state index is 12.5. The summed E-state index contributed by atoms with van der Waals surface area (Å²) in [6.07, 6.45) is -4.56. The minimum Gasteiger partial charge on any atom is -0.465 e. The highest BCUT2D eigenvalue weighted by Gasteiger charge is 2.34. The van der Waals surface area contributed by atoms with E-state index in [1.165, 1.54) is 0 Å². The van der Waals surface area contributed by atoms with E-state index in [0.717, 1.165) is 13.2 Å². The first kappa shape index (κ1) is 13.3. The van der Waals surface area contributed by atoms with Crippen LogP contribution in [0.25, 0.3) is 0 Å². The Kier molecular flexibility index (Phi) is 3.85. The van der Waals surface area contributed by atoms with Gasteiger partial charge in [0.05, 0.1) is 23.3 Å². The molecule has 0 saturated carbocycles. The van der Waals surface area contributed by atoms with Gasteiger partial charge in [0.15, 0.2) is 0 Å². The van der Waals surface area contributed by atoms with Crippen molar-refractivity contribution in [3.63, 3.8) is 0 Å². The number of alkyl halides is 3. The molecule has 0 amide bonds. The van der Waals surface area contributed by atoms with Gasteiger partial charge in [0.2, 0.25) is 0 Å². The maximum Gasteiger partial charge on any atom is 0.417 e. The van der Waals surface area contributed by atoms with Crippen LogP contribution >= 0.6 is 27.5 Å². The normalized spacial score (nSPS) is 11.4. The highest BCUT2D eigenvalue weighted by atomic mass is 79.9. The topological polar surface area (TPSA) is 26.3 Å². The third kappa shape index (κ3) is 2.68. The van der Waals surface area contributed by atoms with E-state index in [9.17, 15) is 18.0 Å². The van der Waals surface area contributed by atoms with E-state index in [1.807, 2.05) is 0 Å². The molecule has 0 radical (unpaired) electrons. The summed E-state index contributed by atoms with van der Waals surface area (Å²) < 4.78 is 41.6. The van der Waals surface area contributed by atoms with Crippen LogP contribution in [0.2, 0.25) is 5.02 Å². The fourth-order valence-electron chi connectivity index (χ4n) is 1.03. The molecule has 0 aromatic heterocycles. The molecule has 16 heavy (non-hydrogen) atoms. The van der Waals surface area contributed by atoms with E-state index in [2.05, 4.69) is 20.7 Å². The lowest BCUT2D eigenvalue weighted by Gasteiger charge is -2.11. The summed E-state index contributed by atoms with van der Waals surface area (Å²) in [6.45, 7) is 0. The molecular formula is C9H5BrClF3O2. The molecule has 0 bridgehead atoms. The van der Waals surface area contributed by atoms with Crippen molar-refractivity contribution in [3.8, 4) is 0 Å². The van der Waals surface area contributed by atoms with Crippen LogP contribution in [-0.4, -0.2) is 13.1 Å². The Morgan fingerprint density at radius 2 is 2.00 bits per heavy atom. The Morgan fingerprint density at radius 3 is 2.44 bits per heavy atom. The number of methoxy groups -OCH3 is 1. The molecule has 0 N–H and O–H groups in total. The summed E-state index contributed by atoms with van der Waals surface area (Å²) in [4.78, 5) is 11.1. The van der Waals surface area contributed by atoms with Crippen LogP contribution in [0.5, 0.6) is 0 Å². The monoisotopic (exact) mass is 316 g/mol. The van der Waals surface area contributed by atoms with Crippen LogP contribution in [0.15, 0.2) is 16.6 Å². The average Bonchev–Trinajstić information content (AvgIpc) is 2.14. The molecule has 1 rings (SSSR count). The Hall–Kier alpha value is -0.750. The molecule has 0 unspecified atom stereocenters. The van der Waals surface area contributed by atoms with Crippen LogP contribution in [0.3, 0.4) is 0 Å². The number of halogens is 5. The lowest BCUT2D eigenvalue weighted by Crippen LogP contribution is -2.10. The van der Waals surface area contributed by atoms with Crippen LogP contribution in [0.1, 0.15) is 15.9 Å². The van der Waals surface area contributed by atoms with Crippen molar-refractivity contribution in [3.05, 3.63) is 32.8 Å². The summed E-state index contributed by atoms with van der Waals surface area (Å²) in [5.74, 6) is -0.914. The standard InChI is InChI=1S/C9H5BrClF3O2/c1-16-8(15)4-2-5(9(12,13)14)6(10)3-7(4)11/h2-3H,1H3.